The fourth-order valence-corrected chi connectivity index (χ4v) is 6.69. The quantitative estimate of drug-likeness (QED) is 0.306. The highest BCUT2D eigenvalue weighted by molar-refractivity contribution is 6.36. The van der Waals surface area contributed by atoms with Crippen LogP contribution >= 0.6 is 0 Å². The molecule has 0 bridgehead atoms. The van der Waals surface area contributed by atoms with Gasteiger partial charge in [-0.1, -0.05) is 24.3 Å². The fourth-order valence-electron chi connectivity index (χ4n) is 6.69. The van der Waals surface area contributed by atoms with E-state index in [1.165, 1.54) is 19.2 Å². The molecule has 10 heteroatoms. The second kappa shape index (κ2) is 6.80. The maximum atomic E-state index is 13.9. The molecule has 4 aliphatic rings. The zero-order chi connectivity index (χ0) is 23.9. The molecule has 0 radical (unpaired) electrons. The summed E-state index contributed by atoms with van der Waals surface area (Å²) in [5.74, 6) is -4.00. The lowest BCUT2D eigenvalue weighted by molar-refractivity contribution is -0.930. The molecule has 3 heterocycles. The summed E-state index contributed by atoms with van der Waals surface area (Å²) in [5.41, 5.74) is -1.50. The first-order valence-electron chi connectivity index (χ1n) is 11.1. The van der Waals surface area contributed by atoms with Crippen molar-refractivity contribution in [2.75, 3.05) is 18.6 Å². The van der Waals surface area contributed by atoms with Crippen LogP contribution in [0.1, 0.15) is 33.6 Å². The van der Waals surface area contributed by atoms with Crippen LogP contribution in [0.5, 0.6) is 5.75 Å². The minimum atomic E-state index is -1.69. The number of amides is 2. The third-order valence-electron chi connectivity index (χ3n) is 7.91. The van der Waals surface area contributed by atoms with Crippen molar-refractivity contribution < 1.29 is 33.7 Å². The Hall–Kier alpha value is -3.92. The van der Waals surface area contributed by atoms with E-state index in [1.54, 1.807) is 24.3 Å². The van der Waals surface area contributed by atoms with Crippen LogP contribution in [0.3, 0.4) is 0 Å². The number of nitrogens with one attached hydrogen (secondary N) is 1. The molecule has 3 saturated heterocycles. The summed E-state index contributed by atoms with van der Waals surface area (Å²) >= 11 is 0. The van der Waals surface area contributed by atoms with Crippen LogP contribution in [0, 0.1) is 22.0 Å². The number of ether oxygens (including phenoxy) is 1. The van der Waals surface area contributed by atoms with Crippen LogP contribution in [0.25, 0.3) is 0 Å². The number of Topliss-reactive ketones (excluding diaryl/α,β-unsaturated/α-hetero) is 2. The van der Waals surface area contributed by atoms with E-state index in [4.69, 9.17) is 4.74 Å². The number of carbonyl (C=O) groups excluding carboxylic acids is 4. The Balaban J connectivity index is 1.54. The van der Waals surface area contributed by atoms with E-state index in [0.717, 1.165) is 17.4 Å². The lowest BCUT2D eigenvalue weighted by Crippen LogP contribution is -3.22. The second-order valence-electron chi connectivity index (χ2n) is 9.16. The number of benzene rings is 2. The van der Waals surface area contributed by atoms with Crippen molar-refractivity contribution in [2.24, 2.45) is 11.8 Å². The molecule has 1 N–H and O–H groups in total. The number of rotatable bonds is 3. The van der Waals surface area contributed by atoms with Gasteiger partial charge in [0.2, 0.25) is 28.9 Å². The molecule has 2 aromatic rings. The van der Waals surface area contributed by atoms with Gasteiger partial charge < -0.3 is 9.64 Å². The topological polar surface area (TPSA) is 128 Å². The number of carbonyl (C=O) groups is 4. The zero-order valence-corrected chi connectivity index (χ0v) is 18.1. The number of non-ortho nitro benzene ring substituents is 1. The van der Waals surface area contributed by atoms with E-state index >= 15 is 0 Å². The molecule has 2 amide bonds. The van der Waals surface area contributed by atoms with Crippen molar-refractivity contribution in [3.63, 3.8) is 0 Å². The molecule has 1 aliphatic carbocycles. The maximum Gasteiger partial charge on any atom is 0.271 e. The highest BCUT2D eigenvalue weighted by Gasteiger charge is 2.80. The average molecular weight is 462 g/mol. The lowest BCUT2D eigenvalue weighted by Gasteiger charge is -2.32. The van der Waals surface area contributed by atoms with Gasteiger partial charge in [-0.3, -0.25) is 29.3 Å². The summed E-state index contributed by atoms with van der Waals surface area (Å²) < 4.78 is 5.30. The first-order chi connectivity index (χ1) is 16.3. The Labute approximate surface area is 193 Å². The Kier molecular flexibility index (Phi) is 4.13. The second-order valence-corrected chi connectivity index (χ2v) is 9.16. The van der Waals surface area contributed by atoms with Gasteiger partial charge in [0.25, 0.3) is 5.69 Å². The SMILES string of the molecule is COc1ccc([N+](=O)[O-])cc1N1C(=O)[C@H]2[C@H]3CCC[NH+]3C3(C(=O)c4ccccc4C3=O)[C@@H]2C1=O. The smallest absolute Gasteiger partial charge is 0.271 e. The molecule has 0 saturated carbocycles. The number of nitro groups is 1. The zero-order valence-electron chi connectivity index (χ0n) is 18.1. The van der Waals surface area contributed by atoms with Gasteiger partial charge in [-0.15, -0.1) is 0 Å². The van der Waals surface area contributed by atoms with Crippen molar-refractivity contribution in [1.82, 2.24) is 0 Å². The van der Waals surface area contributed by atoms with E-state index in [-0.39, 0.29) is 34.3 Å². The largest absolute Gasteiger partial charge is 0.495 e. The van der Waals surface area contributed by atoms with Crippen LogP contribution in [0.15, 0.2) is 42.5 Å². The lowest BCUT2D eigenvalue weighted by atomic mass is 9.76. The van der Waals surface area contributed by atoms with Gasteiger partial charge in [0.1, 0.15) is 29.3 Å². The predicted octanol–water partition coefficient (Wildman–Crippen LogP) is 0.588. The van der Waals surface area contributed by atoms with Crippen molar-refractivity contribution in [3.05, 3.63) is 63.7 Å². The van der Waals surface area contributed by atoms with E-state index in [9.17, 15) is 29.3 Å². The van der Waals surface area contributed by atoms with Gasteiger partial charge in [0, 0.05) is 36.1 Å². The fraction of sp³-hybridized carbons (Fsp3) is 0.333. The summed E-state index contributed by atoms with van der Waals surface area (Å²) in [6.45, 7) is 0.518. The number of quaternary nitrogens is 1. The molecule has 6 rings (SSSR count). The monoisotopic (exact) mass is 462 g/mol. The molecule has 172 valence electrons. The summed E-state index contributed by atoms with van der Waals surface area (Å²) in [4.78, 5) is 67.7. The Bertz CT molecular complexity index is 1300. The number of nitro benzene ring substituents is 1. The minimum absolute atomic E-state index is 0.0498. The van der Waals surface area contributed by atoms with E-state index in [1.807, 2.05) is 0 Å². The molecule has 2 aromatic carbocycles. The average Bonchev–Trinajstić information content (AvgIpc) is 3.53. The Morgan fingerprint density at radius 3 is 2.35 bits per heavy atom. The van der Waals surface area contributed by atoms with Crippen LogP contribution in [-0.4, -0.2) is 53.5 Å². The molecule has 1 spiro atoms. The molecule has 1 unspecified atom stereocenters. The predicted molar refractivity (Wildman–Crippen MR) is 116 cm³/mol. The highest BCUT2D eigenvalue weighted by atomic mass is 16.6. The number of nitrogens with zero attached hydrogens (tertiary/aromatic N) is 2. The normalized spacial score (nSPS) is 28.4. The summed E-state index contributed by atoms with van der Waals surface area (Å²) in [7, 11) is 1.33. The number of imide groups is 1. The molecule has 3 aliphatic heterocycles. The van der Waals surface area contributed by atoms with Crippen LogP contribution in [0.2, 0.25) is 0 Å². The number of fused-ring (bicyclic) bond motifs is 6. The van der Waals surface area contributed by atoms with Gasteiger partial charge in [0.15, 0.2) is 0 Å². The van der Waals surface area contributed by atoms with Gasteiger partial charge in [-0.2, -0.15) is 0 Å². The summed E-state index contributed by atoms with van der Waals surface area (Å²) in [6, 6.07) is 9.83. The van der Waals surface area contributed by atoms with Crippen molar-refractivity contribution in [3.8, 4) is 5.75 Å². The number of methoxy groups -OCH3 is 1. The van der Waals surface area contributed by atoms with E-state index < -0.39 is 45.7 Å². The van der Waals surface area contributed by atoms with Crippen LogP contribution in [-0.2, 0) is 9.59 Å². The number of ketones is 2. The summed E-state index contributed by atoms with van der Waals surface area (Å²) in [5, 5.41) is 11.4. The van der Waals surface area contributed by atoms with E-state index in [2.05, 4.69) is 0 Å². The Morgan fingerprint density at radius 2 is 1.74 bits per heavy atom. The molecule has 4 atom stereocenters. The molecular weight excluding hydrogens is 442 g/mol. The standard InChI is InChI=1S/C24H19N3O7/c1-34-17-9-8-12(27(32)33)11-16(17)26-22(30)18-15-7-4-10-25(15)24(19(18)23(26)31)20(28)13-5-2-3-6-14(13)21(24)29/h2-3,5-6,8-9,11,15,18-19H,4,7,10H2,1H3/p+1/t15-,18+,19+/m1/s1. The summed E-state index contributed by atoms with van der Waals surface area (Å²) in [6.07, 6.45) is 1.33. The maximum absolute atomic E-state index is 13.9. The van der Waals surface area contributed by atoms with Crippen LogP contribution < -0.4 is 14.5 Å². The number of anilines is 1. The first kappa shape index (κ1) is 20.7. The van der Waals surface area contributed by atoms with Crippen molar-refractivity contribution in [2.45, 2.75) is 24.4 Å². The van der Waals surface area contributed by atoms with Crippen LogP contribution in [0.4, 0.5) is 11.4 Å². The first-order valence-corrected chi connectivity index (χ1v) is 11.1. The van der Waals surface area contributed by atoms with Gasteiger partial charge in [-0.25, -0.2) is 4.90 Å². The minimum Gasteiger partial charge on any atom is -0.495 e. The molecule has 10 nitrogen and oxygen atoms in total. The molecule has 0 aromatic heterocycles. The third kappa shape index (κ3) is 2.23. The van der Waals surface area contributed by atoms with Crippen molar-refractivity contribution >= 4 is 34.8 Å². The van der Waals surface area contributed by atoms with Gasteiger partial charge in [-0.05, 0) is 6.07 Å². The number of hydrogen-bond donors (Lipinski definition) is 1. The molecule has 3 fully saturated rings. The van der Waals surface area contributed by atoms with Crippen molar-refractivity contribution in [1.29, 1.82) is 0 Å². The van der Waals surface area contributed by atoms with Gasteiger partial charge in [0.05, 0.1) is 18.6 Å². The third-order valence-corrected chi connectivity index (χ3v) is 7.91. The van der Waals surface area contributed by atoms with Gasteiger partial charge >= 0.3 is 0 Å². The molecular formula is C24H20N3O7+. The number of hydrogen-bond acceptors (Lipinski definition) is 7. The van der Waals surface area contributed by atoms with E-state index in [0.29, 0.717) is 17.9 Å². The highest BCUT2D eigenvalue weighted by Crippen LogP contribution is 2.50. The Morgan fingerprint density at radius 1 is 1.06 bits per heavy atom. The molecule has 34 heavy (non-hydrogen) atoms.